The summed E-state index contributed by atoms with van der Waals surface area (Å²) in [5.41, 5.74) is -0.480. The Labute approximate surface area is 95.8 Å². The molecule has 1 amide bonds. The summed E-state index contributed by atoms with van der Waals surface area (Å²) in [6.45, 7) is 6.77. The smallest absolute Gasteiger partial charge is 0.410 e. The van der Waals surface area contributed by atoms with Gasteiger partial charge in [-0.25, -0.2) is 4.79 Å². The molecule has 0 aromatic heterocycles. The van der Waals surface area contributed by atoms with Crippen molar-refractivity contribution in [2.45, 2.75) is 51.0 Å². The first-order valence-electron chi connectivity index (χ1n) is 5.79. The van der Waals surface area contributed by atoms with Crippen molar-refractivity contribution >= 4 is 6.09 Å². The third-order valence-electron chi connectivity index (χ3n) is 3.06. The van der Waals surface area contributed by atoms with Crippen LogP contribution in [0.15, 0.2) is 0 Å². The van der Waals surface area contributed by atoms with Crippen LogP contribution in [0.4, 0.5) is 4.79 Å². The number of hydrogen-bond acceptors (Lipinski definition) is 4. The van der Waals surface area contributed by atoms with Crippen LogP contribution < -0.4 is 5.32 Å². The molecule has 0 radical (unpaired) electrons. The van der Waals surface area contributed by atoms with E-state index in [4.69, 9.17) is 4.74 Å². The van der Waals surface area contributed by atoms with E-state index >= 15 is 0 Å². The zero-order valence-electron chi connectivity index (χ0n) is 10.1. The predicted octanol–water partition coefficient (Wildman–Crippen LogP) is 0.328. The number of nitrogens with zero attached hydrogens (tertiary/aromatic N) is 1. The summed E-state index contributed by atoms with van der Waals surface area (Å²) in [4.78, 5) is 13.6. The maximum atomic E-state index is 11.9. The molecule has 5 nitrogen and oxygen atoms in total. The summed E-state index contributed by atoms with van der Waals surface area (Å²) >= 11 is 0. The van der Waals surface area contributed by atoms with Crippen molar-refractivity contribution in [3.63, 3.8) is 0 Å². The van der Waals surface area contributed by atoms with Gasteiger partial charge in [-0.2, -0.15) is 0 Å². The third-order valence-corrected chi connectivity index (χ3v) is 3.06. The molecule has 0 aromatic rings. The normalized spacial score (nSPS) is 34.0. The fraction of sp³-hybridized carbons (Fsp3) is 0.909. The van der Waals surface area contributed by atoms with Crippen molar-refractivity contribution in [2.75, 3.05) is 13.1 Å². The number of amides is 1. The lowest BCUT2D eigenvalue weighted by Crippen LogP contribution is -2.41. The minimum Gasteiger partial charge on any atom is -0.444 e. The molecule has 2 aliphatic heterocycles. The molecule has 2 heterocycles. The van der Waals surface area contributed by atoms with Crippen LogP contribution in [0.1, 0.15) is 27.2 Å². The summed E-state index contributed by atoms with van der Waals surface area (Å²) in [5, 5.41) is 13.0. The van der Waals surface area contributed by atoms with Gasteiger partial charge in [0, 0.05) is 0 Å². The van der Waals surface area contributed by atoms with Gasteiger partial charge in [-0.1, -0.05) is 0 Å². The van der Waals surface area contributed by atoms with Crippen LogP contribution in [0.2, 0.25) is 0 Å². The fourth-order valence-corrected chi connectivity index (χ4v) is 2.44. The minimum absolute atomic E-state index is 0.0209. The molecular weight excluding hydrogens is 208 g/mol. The quantitative estimate of drug-likeness (QED) is 0.627. The minimum atomic E-state index is -0.480. The number of fused-ring (bicyclic) bond motifs is 1. The van der Waals surface area contributed by atoms with E-state index < -0.39 is 11.7 Å². The van der Waals surface area contributed by atoms with Gasteiger partial charge in [0.25, 0.3) is 0 Å². The van der Waals surface area contributed by atoms with E-state index in [1.807, 2.05) is 20.8 Å². The average molecular weight is 228 g/mol. The van der Waals surface area contributed by atoms with E-state index in [2.05, 4.69) is 5.32 Å². The second-order valence-corrected chi connectivity index (χ2v) is 5.54. The van der Waals surface area contributed by atoms with Crippen molar-refractivity contribution in [3.8, 4) is 0 Å². The highest BCUT2D eigenvalue weighted by molar-refractivity contribution is 5.69. The molecule has 2 aliphatic rings. The van der Waals surface area contributed by atoms with Crippen molar-refractivity contribution in [2.24, 2.45) is 0 Å². The van der Waals surface area contributed by atoms with E-state index in [1.165, 1.54) is 0 Å². The summed E-state index contributed by atoms with van der Waals surface area (Å²) in [6, 6.07) is 0.109. The number of aliphatic hydroxyl groups is 1. The highest BCUT2D eigenvalue weighted by Crippen LogP contribution is 2.27. The van der Waals surface area contributed by atoms with Gasteiger partial charge < -0.3 is 20.1 Å². The van der Waals surface area contributed by atoms with Gasteiger partial charge in [0.05, 0.1) is 24.7 Å². The Morgan fingerprint density at radius 2 is 2.19 bits per heavy atom. The van der Waals surface area contributed by atoms with E-state index in [1.54, 1.807) is 4.90 Å². The third kappa shape index (κ3) is 2.15. The lowest BCUT2D eigenvalue weighted by Gasteiger charge is -2.27. The van der Waals surface area contributed by atoms with Crippen molar-refractivity contribution in [1.82, 2.24) is 10.2 Å². The Balaban J connectivity index is 2.02. The number of hydrogen-bond donors (Lipinski definition) is 2. The SMILES string of the molecule is CC(C)(C)OC(=O)N1CC(O)C2NCC[C@H]21. The molecule has 3 atom stereocenters. The summed E-state index contributed by atoms with van der Waals surface area (Å²) in [5.74, 6) is 0. The Bertz CT molecular complexity index is 287. The van der Waals surface area contributed by atoms with Gasteiger partial charge in [-0.05, 0) is 33.7 Å². The molecule has 5 heteroatoms. The van der Waals surface area contributed by atoms with Gasteiger partial charge in [-0.15, -0.1) is 0 Å². The first kappa shape index (κ1) is 11.7. The molecule has 2 saturated heterocycles. The number of ether oxygens (including phenoxy) is 1. The molecule has 0 aliphatic carbocycles. The Morgan fingerprint density at radius 3 is 2.81 bits per heavy atom. The van der Waals surface area contributed by atoms with Gasteiger partial charge in [0.15, 0.2) is 0 Å². The zero-order chi connectivity index (χ0) is 11.9. The zero-order valence-corrected chi connectivity index (χ0v) is 10.1. The molecule has 92 valence electrons. The highest BCUT2D eigenvalue weighted by Gasteiger charge is 2.46. The summed E-state index contributed by atoms with van der Waals surface area (Å²) in [6.07, 6.45) is 0.101. The van der Waals surface area contributed by atoms with Crippen LogP contribution in [0, 0.1) is 0 Å². The number of β-amino-alcohol motifs (C(OH)–C–C–N with tert-alkyl or cyclic N) is 1. The van der Waals surface area contributed by atoms with Crippen LogP contribution in [-0.4, -0.2) is 53.0 Å². The molecule has 2 rings (SSSR count). The maximum Gasteiger partial charge on any atom is 0.410 e. The molecule has 0 aromatic carbocycles. The average Bonchev–Trinajstić information content (AvgIpc) is 2.66. The van der Waals surface area contributed by atoms with Crippen LogP contribution >= 0.6 is 0 Å². The first-order chi connectivity index (χ1) is 7.38. The van der Waals surface area contributed by atoms with E-state index in [-0.39, 0.29) is 18.2 Å². The van der Waals surface area contributed by atoms with Crippen molar-refractivity contribution in [1.29, 1.82) is 0 Å². The second kappa shape index (κ2) is 3.89. The molecular formula is C11H20N2O3. The Kier molecular flexibility index (Phi) is 2.84. The van der Waals surface area contributed by atoms with Crippen LogP contribution in [-0.2, 0) is 4.74 Å². The molecule has 0 saturated carbocycles. The topological polar surface area (TPSA) is 61.8 Å². The summed E-state index contributed by atoms with van der Waals surface area (Å²) < 4.78 is 5.33. The van der Waals surface area contributed by atoms with E-state index in [0.717, 1.165) is 13.0 Å². The van der Waals surface area contributed by atoms with Gasteiger partial charge in [0.1, 0.15) is 5.60 Å². The number of likely N-dealkylation sites (tertiary alicyclic amines) is 1. The molecule has 2 unspecified atom stereocenters. The van der Waals surface area contributed by atoms with Gasteiger partial charge in [0.2, 0.25) is 0 Å². The monoisotopic (exact) mass is 228 g/mol. The van der Waals surface area contributed by atoms with Gasteiger partial charge >= 0.3 is 6.09 Å². The van der Waals surface area contributed by atoms with Crippen LogP contribution in [0.25, 0.3) is 0 Å². The number of carbonyl (C=O) groups excluding carboxylic acids is 1. The van der Waals surface area contributed by atoms with Crippen molar-refractivity contribution in [3.05, 3.63) is 0 Å². The van der Waals surface area contributed by atoms with Crippen LogP contribution in [0.5, 0.6) is 0 Å². The fourth-order valence-electron chi connectivity index (χ4n) is 2.44. The second-order valence-electron chi connectivity index (χ2n) is 5.54. The number of aliphatic hydroxyl groups excluding tert-OH is 1. The molecule has 2 N–H and O–H groups in total. The molecule has 0 bridgehead atoms. The maximum absolute atomic E-state index is 11.9. The largest absolute Gasteiger partial charge is 0.444 e. The molecule has 16 heavy (non-hydrogen) atoms. The lowest BCUT2D eigenvalue weighted by atomic mass is 10.1. The standard InChI is InChI=1S/C11H20N2O3/c1-11(2,3)16-10(15)13-6-8(14)9-7(13)4-5-12-9/h7-9,12,14H,4-6H2,1-3H3/t7-,8?,9?/m1/s1. The first-order valence-corrected chi connectivity index (χ1v) is 5.79. The summed E-state index contributed by atoms with van der Waals surface area (Å²) in [7, 11) is 0. The predicted molar refractivity (Wildman–Crippen MR) is 59.1 cm³/mol. The Morgan fingerprint density at radius 1 is 1.50 bits per heavy atom. The van der Waals surface area contributed by atoms with E-state index in [0.29, 0.717) is 6.54 Å². The number of carbonyl (C=O) groups is 1. The van der Waals surface area contributed by atoms with Gasteiger partial charge in [-0.3, -0.25) is 0 Å². The van der Waals surface area contributed by atoms with E-state index in [9.17, 15) is 9.90 Å². The Hall–Kier alpha value is -0.810. The van der Waals surface area contributed by atoms with Crippen LogP contribution in [0.3, 0.4) is 0 Å². The molecule has 2 fully saturated rings. The van der Waals surface area contributed by atoms with Crippen molar-refractivity contribution < 1.29 is 14.6 Å². The number of rotatable bonds is 0. The molecule has 0 spiro atoms. The lowest BCUT2D eigenvalue weighted by molar-refractivity contribution is 0.0209. The number of nitrogens with one attached hydrogen (secondary N) is 1. The highest BCUT2D eigenvalue weighted by atomic mass is 16.6.